The summed E-state index contributed by atoms with van der Waals surface area (Å²) in [6, 6.07) is 14.9. The van der Waals surface area contributed by atoms with Gasteiger partial charge in [0.1, 0.15) is 5.82 Å². The summed E-state index contributed by atoms with van der Waals surface area (Å²) in [5.41, 5.74) is 8.37. The van der Waals surface area contributed by atoms with E-state index in [4.69, 9.17) is 10.5 Å². The Morgan fingerprint density at radius 1 is 1.00 bits per heavy atom. The summed E-state index contributed by atoms with van der Waals surface area (Å²) in [6.45, 7) is 4.44. The molecule has 11 nitrogen and oxygen atoms in total. The molecule has 4 heterocycles. The number of hydrogen-bond acceptors (Lipinski definition) is 9. The van der Waals surface area contributed by atoms with Crippen molar-refractivity contribution in [3.63, 3.8) is 0 Å². The van der Waals surface area contributed by atoms with Crippen LogP contribution in [0.15, 0.2) is 73.2 Å². The van der Waals surface area contributed by atoms with Crippen molar-refractivity contribution in [3.05, 3.63) is 90.3 Å². The average molecular weight is 639 g/mol. The molecular weight excluding hydrogens is 599 g/mol. The van der Waals surface area contributed by atoms with Crippen molar-refractivity contribution in [1.82, 2.24) is 30.0 Å². The van der Waals surface area contributed by atoms with Gasteiger partial charge in [0.2, 0.25) is 6.10 Å². The zero-order chi connectivity index (χ0) is 32.4. The van der Waals surface area contributed by atoms with Gasteiger partial charge in [-0.3, -0.25) is 9.48 Å². The largest absolute Gasteiger partial charge is 0.442 e. The molecule has 7 rings (SSSR count). The lowest BCUT2D eigenvalue weighted by atomic mass is 9.60. The standard InChI is InChI=1S/C35H39FN8O3/c36-25-6-8-26(9-7-25)41-33(45)31(23-4-2-1-3-5-23)47-34(46)30-32(37)39-21-29(42-30)24-20-40-44(22-24)27-10-16-43(17-11-27)28-18-35(19-28)12-14-38-15-13-35/h1-9,20-22,27-28,31,38H,10-19H2,(H2,37,39)(H,41,45)/t31-/m1/s1. The average Bonchev–Trinajstić information content (AvgIpc) is 3.58. The number of piperidine rings is 2. The molecule has 1 atom stereocenters. The van der Waals surface area contributed by atoms with E-state index in [0.29, 0.717) is 34.0 Å². The predicted molar refractivity (Wildman–Crippen MR) is 175 cm³/mol. The van der Waals surface area contributed by atoms with E-state index in [9.17, 15) is 14.0 Å². The maximum absolute atomic E-state index is 13.4. The molecule has 2 aromatic heterocycles. The van der Waals surface area contributed by atoms with Gasteiger partial charge in [0.15, 0.2) is 11.5 Å². The number of halogens is 1. The van der Waals surface area contributed by atoms with Crippen LogP contribution in [0.1, 0.15) is 66.7 Å². The van der Waals surface area contributed by atoms with Gasteiger partial charge in [-0.05, 0) is 81.3 Å². The number of ether oxygens (including phenoxy) is 1. The van der Waals surface area contributed by atoms with Gasteiger partial charge in [-0.15, -0.1) is 0 Å². The number of likely N-dealkylation sites (tertiary alicyclic amines) is 1. The molecule has 4 N–H and O–H groups in total. The zero-order valence-electron chi connectivity index (χ0n) is 26.1. The highest BCUT2D eigenvalue weighted by Crippen LogP contribution is 2.50. The lowest BCUT2D eigenvalue weighted by molar-refractivity contribution is -0.125. The number of nitrogens with one attached hydrogen (secondary N) is 2. The monoisotopic (exact) mass is 638 g/mol. The normalized spacial score (nSPS) is 19.2. The van der Waals surface area contributed by atoms with E-state index >= 15 is 0 Å². The number of anilines is 2. The zero-order valence-corrected chi connectivity index (χ0v) is 26.1. The van der Waals surface area contributed by atoms with Crippen molar-refractivity contribution in [1.29, 1.82) is 0 Å². The minimum atomic E-state index is -1.32. The molecule has 47 heavy (non-hydrogen) atoms. The fourth-order valence-corrected chi connectivity index (χ4v) is 7.24. The smallest absolute Gasteiger partial charge is 0.361 e. The van der Waals surface area contributed by atoms with Crippen molar-refractivity contribution >= 4 is 23.4 Å². The number of hydrogen-bond donors (Lipinski definition) is 3. The molecule has 2 aromatic carbocycles. The first kappa shape index (κ1) is 30.9. The predicted octanol–water partition coefficient (Wildman–Crippen LogP) is 4.77. The maximum Gasteiger partial charge on any atom is 0.361 e. The molecule has 3 fully saturated rings. The van der Waals surface area contributed by atoms with Gasteiger partial charge in [-0.1, -0.05) is 30.3 Å². The van der Waals surface area contributed by atoms with Crippen LogP contribution in [0, 0.1) is 11.2 Å². The minimum Gasteiger partial charge on any atom is -0.442 e. The number of nitrogens with two attached hydrogens (primary N) is 1. The molecule has 1 aliphatic carbocycles. The number of nitrogens with zero attached hydrogens (tertiary/aromatic N) is 5. The van der Waals surface area contributed by atoms with Crippen LogP contribution in [0.25, 0.3) is 11.3 Å². The minimum absolute atomic E-state index is 0.119. The van der Waals surface area contributed by atoms with Crippen molar-refractivity contribution in [3.8, 4) is 11.3 Å². The second-order valence-electron chi connectivity index (χ2n) is 13.0. The number of carbonyl (C=O) groups excluding carboxylic acids is 2. The maximum atomic E-state index is 13.4. The van der Waals surface area contributed by atoms with Crippen LogP contribution in [-0.4, -0.2) is 68.7 Å². The molecule has 3 aliphatic rings. The number of amides is 1. The highest BCUT2D eigenvalue weighted by Gasteiger charge is 2.47. The summed E-state index contributed by atoms with van der Waals surface area (Å²) in [6.07, 6.45) is 11.2. The number of rotatable bonds is 8. The van der Waals surface area contributed by atoms with E-state index < -0.39 is 23.8 Å². The van der Waals surface area contributed by atoms with Crippen LogP contribution in [0.2, 0.25) is 0 Å². The SMILES string of the molecule is Nc1ncc(-c2cnn(C3CCN(C4CC5(CCNCC5)C4)CC3)c2)nc1C(=O)O[C@@H](C(=O)Nc1ccc(F)cc1)c1ccccc1. The van der Waals surface area contributed by atoms with Gasteiger partial charge >= 0.3 is 5.97 Å². The molecule has 1 amide bonds. The topological polar surface area (TPSA) is 140 Å². The van der Waals surface area contributed by atoms with Crippen LogP contribution in [0.4, 0.5) is 15.9 Å². The van der Waals surface area contributed by atoms with Gasteiger partial charge in [-0.2, -0.15) is 5.10 Å². The van der Waals surface area contributed by atoms with Crippen molar-refractivity contribution < 1.29 is 18.7 Å². The Kier molecular flexibility index (Phi) is 8.70. The number of aromatic nitrogens is 4. The van der Waals surface area contributed by atoms with E-state index in [1.807, 2.05) is 10.9 Å². The Morgan fingerprint density at radius 2 is 1.72 bits per heavy atom. The molecule has 0 radical (unpaired) electrons. The molecule has 1 saturated carbocycles. The summed E-state index contributed by atoms with van der Waals surface area (Å²) in [5.74, 6) is -2.07. The third-order valence-electron chi connectivity index (χ3n) is 9.96. The number of benzene rings is 2. The van der Waals surface area contributed by atoms with Crippen molar-refractivity contribution in [2.75, 3.05) is 37.2 Å². The number of esters is 1. The van der Waals surface area contributed by atoms with E-state index in [-0.39, 0.29) is 17.6 Å². The number of nitrogen functional groups attached to an aromatic ring is 1. The quantitative estimate of drug-likeness (QED) is 0.233. The van der Waals surface area contributed by atoms with Crippen molar-refractivity contribution in [2.24, 2.45) is 5.41 Å². The van der Waals surface area contributed by atoms with Gasteiger partial charge in [0.25, 0.3) is 5.91 Å². The second-order valence-corrected chi connectivity index (χ2v) is 13.0. The molecule has 12 heteroatoms. The molecule has 0 unspecified atom stereocenters. The molecule has 2 saturated heterocycles. The summed E-state index contributed by atoms with van der Waals surface area (Å²) in [4.78, 5) is 38.1. The first-order valence-corrected chi connectivity index (χ1v) is 16.3. The van der Waals surface area contributed by atoms with Crippen LogP contribution in [0.5, 0.6) is 0 Å². The van der Waals surface area contributed by atoms with Crippen LogP contribution in [0.3, 0.4) is 0 Å². The van der Waals surface area contributed by atoms with Gasteiger partial charge < -0.3 is 26.0 Å². The third-order valence-corrected chi connectivity index (χ3v) is 9.96. The Balaban J connectivity index is 1.01. The summed E-state index contributed by atoms with van der Waals surface area (Å²) < 4.78 is 21.1. The molecule has 0 bridgehead atoms. The second kappa shape index (κ2) is 13.2. The Hall–Kier alpha value is -4.68. The Labute approximate surface area is 272 Å². The molecule has 4 aromatic rings. The van der Waals surface area contributed by atoms with E-state index in [1.54, 1.807) is 36.5 Å². The highest BCUT2D eigenvalue weighted by molar-refractivity contribution is 5.99. The molecular formula is C35H39FN8O3. The fourth-order valence-electron chi connectivity index (χ4n) is 7.24. The molecule has 2 aliphatic heterocycles. The van der Waals surface area contributed by atoms with Crippen molar-refractivity contribution in [2.45, 2.75) is 56.7 Å². The van der Waals surface area contributed by atoms with Crippen LogP contribution >= 0.6 is 0 Å². The van der Waals surface area contributed by atoms with Crippen LogP contribution < -0.4 is 16.4 Å². The van der Waals surface area contributed by atoms with Gasteiger partial charge in [0.05, 0.1) is 24.1 Å². The first-order valence-electron chi connectivity index (χ1n) is 16.3. The molecule has 1 spiro atoms. The summed E-state index contributed by atoms with van der Waals surface area (Å²) in [5, 5.41) is 10.8. The lowest BCUT2D eigenvalue weighted by Gasteiger charge is -2.55. The Bertz CT molecular complexity index is 1710. The van der Waals surface area contributed by atoms with E-state index in [2.05, 4.69) is 30.6 Å². The lowest BCUT2D eigenvalue weighted by Crippen LogP contribution is -2.56. The fraction of sp³-hybridized carbons (Fsp3) is 0.400. The van der Waals surface area contributed by atoms with E-state index in [1.165, 1.54) is 56.1 Å². The summed E-state index contributed by atoms with van der Waals surface area (Å²) in [7, 11) is 0. The molecule has 244 valence electrons. The van der Waals surface area contributed by atoms with Gasteiger partial charge in [-0.25, -0.2) is 19.2 Å². The first-order chi connectivity index (χ1) is 22.9. The number of carbonyl (C=O) groups is 2. The van der Waals surface area contributed by atoms with E-state index in [0.717, 1.165) is 39.0 Å². The highest BCUT2D eigenvalue weighted by atomic mass is 19.1. The summed E-state index contributed by atoms with van der Waals surface area (Å²) >= 11 is 0. The Morgan fingerprint density at radius 3 is 2.45 bits per heavy atom. The van der Waals surface area contributed by atoms with Crippen LogP contribution in [-0.2, 0) is 9.53 Å². The third kappa shape index (κ3) is 6.75. The van der Waals surface area contributed by atoms with Gasteiger partial charge in [0, 0.05) is 42.1 Å².